The molecule has 0 radical (unpaired) electrons. The zero-order valence-electron chi connectivity index (χ0n) is 19.1. The Morgan fingerprint density at radius 2 is 1.63 bits per heavy atom. The van der Waals surface area contributed by atoms with Gasteiger partial charge in [0.25, 0.3) is 0 Å². The quantitative estimate of drug-likeness (QED) is 0.725. The van der Waals surface area contributed by atoms with Crippen molar-refractivity contribution < 1.29 is 9.80 Å². The molecule has 2 N–H and O–H groups in total. The normalized spacial score (nSPS) is 24.2. The number of hydrogen-bond acceptors (Lipinski definition) is 4. The molecule has 2 fully saturated rings. The van der Waals surface area contributed by atoms with E-state index < -0.39 is 0 Å². The minimum Gasteiger partial charge on any atom is -0.378 e. The number of benzene rings is 1. The van der Waals surface area contributed by atoms with Crippen molar-refractivity contribution in [3.63, 3.8) is 0 Å². The summed E-state index contributed by atoms with van der Waals surface area (Å²) in [6, 6.07) is 10.3. The van der Waals surface area contributed by atoms with E-state index in [1.165, 1.54) is 69.5 Å². The van der Waals surface area contributed by atoms with Gasteiger partial charge in [-0.25, -0.2) is 4.68 Å². The number of rotatable bonds is 6. The zero-order chi connectivity index (χ0) is 21.1. The molecule has 30 heavy (non-hydrogen) atoms. The maximum Gasteiger partial charge on any atom is 0.214 e. The van der Waals surface area contributed by atoms with Gasteiger partial charge in [-0.1, -0.05) is 18.6 Å². The van der Waals surface area contributed by atoms with Crippen LogP contribution in [-0.4, -0.2) is 66.5 Å². The first kappa shape index (κ1) is 21.2. The van der Waals surface area contributed by atoms with E-state index in [-0.39, 0.29) is 12.1 Å². The molecule has 2 aliphatic rings. The van der Waals surface area contributed by atoms with Gasteiger partial charge in [0, 0.05) is 25.3 Å². The summed E-state index contributed by atoms with van der Waals surface area (Å²) in [4.78, 5) is 5.59. The number of tetrazole rings is 1. The van der Waals surface area contributed by atoms with Crippen molar-refractivity contribution in [1.82, 2.24) is 20.2 Å². The van der Waals surface area contributed by atoms with Gasteiger partial charge in [-0.15, -0.1) is 5.10 Å². The number of piperazine rings is 1. The van der Waals surface area contributed by atoms with Gasteiger partial charge in [0.2, 0.25) is 5.82 Å². The van der Waals surface area contributed by atoms with Crippen molar-refractivity contribution in [3.8, 4) is 0 Å². The largest absolute Gasteiger partial charge is 0.378 e. The van der Waals surface area contributed by atoms with Crippen LogP contribution in [0.4, 0.5) is 5.69 Å². The highest BCUT2D eigenvalue weighted by atomic mass is 15.6. The van der Waals surface area contributed by atoms with E-state index in [0.29, 0.717) is 0 Å². The third kappa shape index (κ3) is 4.52. The van der Waals surface area contributed by atoms with E-state index in [4.69, 9.17) is 0 Å². The van der Waals surface area contributed by atoms with E-state index in [2.05, 4.69) is 72.6 Å². The molecule has 7 heteroatoms. The van der Waals surface area contributed by atoms with Crippen LogP contribution in [0.1, 0.15) is 69.4 Å². The van der Waals surface area contributed by atoms with Gasteiger partial charge in [0.1, 0.15) is 26.2 Å². The van der Waals surface area contributed by atoms with Crippen LogP contribution >= 0.6 is 0 Å². The average Bonchev–Trinajstić information content (AvgIpc) is 3.25. The van der Waals surface area contributed by atoms with Gasteiger partial charge < -0.3 is 14.7 Å². The monoisotopic (exact) mass is 413 g/mol. The summed E-state index contributed by atoms with van der Waals surface area (Å²) in [5, 5.41) is 12.9. The highest BCUT2D eigenvalue weighted by Gasteiger charge is 2.38. The number of quaternary nitrogens is 2. The summed E-state index contributed by atoms with van der Waals surface area (Å²) in [6.07, 6.45) is 7.13. The Labute approximate surface area is 181 Å². The first-order valence-electron chi connectivity index (χ1n) is 11.8. The van der Waals surface area contributed by atoms with Crippen LogP contribution in [0.15, 0.2) is 24.3 Å². The van der Waals surface area contributed by atoms with E-state index in [1.54, 1.807) is 4.90 Å². The maximum atomic E-state index is 4.52. The standard InChI is InChI=1S/C23H37N7/c1-18(2)30-23(24-25-26-30)22(19-10-12-20(13-11-19)27(3)4)29-16-14-28(15-17-29)21-8-6-5-7-9-21/h10-13,18,21-22H,5-9,14-17H2,1-4H3/p+2/t22-/m1/s1. The fraction of sp³-hybridized carbons (Fsp3) is 0.696. The lowest BCUT2D eigenvalue weighted by molar-refractivity contribution is -1.03. The van der Waals surface area contributed by atoms with Crippen LogP contribution < -0.4 is 14.7 Å². The van der Waals surface area contributed by atoms with Crippen molar-refractivity contribution in [2.75, 3.05) is 45.2 Å². The molecule has 1 atom stereocenters. The topological polar surface area (TPSA) is 55.7 Å². The van der Waals surface area contributed by atoms with Crippen LogP contribution in [0.5, 0.6) is 0 Å². The SMILES string of the molecule is CC(C)n1nnnc1[C@@H](c1ccc(N(C)C)cc1)[NH+]1CC[NH+](C2CCCCC2)CC1. The van der Waals surface area contributed by atoms with Crippen molar-refractivity contribution >= 4 is 5.69 Å². The molecule has 1 aromatic heterocycles. The molecule has 0 spiro atoms. The van der Waals surface area contributed by atoms with Crippen molar-refractivity contribution in [2.45, 2.75) is 64.1 Å². The van der Waals surface area contributed by atoms with Gasteiger partial charge in [0.15, 0.2) is 6.04 Å². The van der Waals surface area contributed by atoms with Gasteiger partial charge in [0.05, 0.1) is 12.1 Å². The van der Waals surface area contributed by atoms with Crippen LogP contribution in [-0.2, 0) is 0 Å². The molecule has 0 amide bonds. The van der Waals surface area contributed by atoms with Gasteiger partial charge in [-0.05, 0) is 62.1 Å². The second-order valence-electron chi connectivity index (χ2n) is 9.65. The summed E-state index contributed by atoms with van der Waals surface area (Å²) >= 11 is 0. The first-order chi connectivity index (χ1) is 14.5. The lowest BCUT2D eigenvalue weighted by Gasteiger charge is -2.38. The maximum absolute atomic E-state index is 4.52. The molecule has 1 aliphatic carbocycles. The predicted octanol–water partition coefficient (Wildman–Crippen LogP) is 0.526. The molecule has 0 unspecified atom stereocenters. The number of nitrogens with zero attached hydrogens (tertiary/aromatic N) is 5. The Morgan fingerprint density at radius 3 is 2.23 bits per heavy atom. The van der Waals surface area contributed by atoms with Crippen molar-refractivity contribution in [3.05, 3.63) is 35.7 Å². The first-order valence-corrected chi connectivity index (χ1v) is 11.8. The Bertz CT molecular complexity index is 784. The summed E-state index contributed by atoms with van der Waals surface area (Å²) in [7, 11) is 4.18. The lowest BCUT2D eigenvalue weighted by Crippen LogP contribution is -3.29. The highest BCUT2D eigenvalue weighted by molar-refractivity contribution is 5.46. The Balaban J connectivity index is 1.57. The lowest BCUT2D eigenvalue weighted by atomic mass is 9.93. The molecule has 0 bridgehead atoms. The van der Waals surface area contributed by atoms with Crippen LogP contribution in [0.3, 0.4) is 0 Å². The third-order valence-corrected chi connectivity index (χ3v) is 7.13. The molecule has 1 saturated carbocycles. The smallest absolute Gasteiger partial charge is 0.214 e. The Morgan fingerprint density at radius 1 is 0.967 bits per heavy atom. The van der Waals surface area contributed by atoms with E-state index >= 15 is 0 Å². The predicted molar refractivity (Wildman–Crippen MR) is 119 cm³/mol. The van der Waals surface area contributed by atoms with Crippen LogP contribution in [0, 0.1) is 0 Å². The Hall–Kier alpha value is -1.99. The molecule has 2 heterocycles. The summed E-state index contributed by atoms with van der Waals surface area (Å²) < 4.78 is 2.01. The van der Waals surface area contributed by atoms with Crippen LogP contribution in [0.25, 0.3) is 0 Å². The van der Waals surface area contributed by atoms with Gasteiger partial charge in [-0.2, -0.15) is 0 Å². The second-order valence-corrected chi connectivity index (χ2v) is 9.65. The van der Waals surface area contributed by atoms with Crippen LogP contribution in [0.2, 0.25) is 0 Å². The van der Waals surface area contributed by atoms with E-state index in [1.807, 2.05) is 9.58 Å². The molecular weight excluding hydrogens is 374 g/mol. The van der Waals surface area contributed by atoms with Gasteiger partial charge >= 0.3 is 0 Å². The van der Waals surface area contributed by atoms with E-state index in [9.17, 15) is 0 Å². The minimum absolute atomic E-state index is 0.187. The molecule has 164 valence electrons. The van der Waals surface area contributed by atoms with Crippen molar-refractivity contribution in [1.29, 1.82) is 0 Å². The summed E-state index contributed by atoms with van der Waals surface area (Å²) in [5.74, 6) is 0.999. The Kier molecular flexibility index (Phi) is 6.68. The molecular formula is C23H39N7+2. The molecule has 7 nitrogen and oxygen atoms in total. The molecule has 4 rings (SSSR count). The number of nitrogens with one attached hydrogen (secondary N) is 2. The number of anilines is 1. The van der Waals surface area contributed by atoms with Gasteiger partial charge in [-0.3, -0.25) is 0 Å². The fourth-order valence-electron chi connectivity index (χ4n) is 5.39. The zero-order valence-corrected chi connectivity index (χ0v) is 19.1. The average molecular weight is 414 g/mol. The molecule has 2 aromatic rings. The second kappa shape index (κ2) is 9.43. The molecule has 1 saturated heterocycles. The van der Waals surface area contributed by atoms with Crippen molar-refractivity contribution in [2.24, 2.45) is 0 Å². The highest BCUT2D eigenvalue weighted by Crippen LogP contribution is 2.22. The molecule has 1 aliphatic heterocycles. The fourth-order valence-corrected chi connectivity index (χ4v) is 5.39. The summed E-state index contributed by atoms with van der Waals surface area (Å²) in [6.45, 7) is 9.19. The minimum atomic E-state index is 0.187. The summed E-state index contributed by atoms with van der Waals surface area (Å²) in [5.41, 5.74) is 2.54. The third-order valence-electron chi connectivity index (χ3n) is 7.13. The van der Waals surface area contributed by atoms with E-state index in [0.717, 1.165) is 11.9 Å². The number of hydrogen-bond donors (Lipinski definition) is 2. The number of aromatic nitrogens is 4. The molecule has 1 aromatic carbocycles.